The van der Waals surface area contributed by atoms with Crippen LogP contribution in [0.25, 0.3) is 5.69 Å². The van der Waals surface area contributed by atoms with E-state index in [1.807, 2.05) is 35.0 Å². The van der Waals surface area contributed by atoms with Gasteiger partial charge in [-0.3, -0.25) is 4.90 Å². The highest BCUT2D eigenvalue weighted by atomic mass is 16.5. The van der Waals surface area contributed by atoms with Crippen LogP contribution in [0.1, 0.15) is 17.6 Å². The maximum Gasteiger partial charge on any atom is 0.165 e. The zero-order valence-corrected chi connectivity index (χ0v) is 13.7. The Kier molecular flexibility index (Phi) is 4.15. The SMILES string of the molecule is Cn1cccc1[C@@H]1COCCN1Cc1ncn(-c2ccccc2)n1. The minimum atomic E-state index is 0.238. The molecule has 0 aliphatic carbocycles. The summed E-state index contributed by atoms with van der Waals surface area (Å²) in [5, 5.41) is 4.63. The van der Waals surface area contributed by atoms with Gasteiger partial charge in [-0.1, -0.05) is 18.2 Å². The summed E-state index contributed by atoms with van der Waals surface area (Å²) < 4.78 is 9.68. The number of hydrogen-bond donors (Lipinski definition) is 0. The lowest BCUT2D eigenvalue weighted by Gasteiger charge is -2.35. The van der Waals surface area contributed by atoms with Crippen LogP contribution in [0.4, 0.5) is 0 Å². The fraction of sp³-hybridized carbons (Fsp3) is 0.333. The van der Waals surface area contributed by atoms with Crippen molar-refractivity contribution >= 4 is 0 Å². The Morgan fingerprint density at radius 1 is 1.17 bits per heavy atom. The molecule has 0 saturated carbocycles. The molecule has 6 heteroatoms. The minimum Gasteiger partial charge on any atom is -0.378 e. The molecular formula is C18H21N5O. The summed E-state index contributed by atoms with van der Waals surface area (Å²) in [7, 11) is 2.07. The zero-order chi connectivity index (χ0) is 16.4. The molecule has 24 heavy (non-hydrogen) atoms. The number of benzene rings is 1. The van der Waals surface area contributed by atoms with Crippen LogP contribution >= 0.6 is 0 Å². The highest BCUT2D eigenvalue weighted by Gasteiger charge is 2.27. The normalized spacial score (nSPS) is 18.8. The van der Waals surface area contributed by atoms with E-state index < -0.39 is 0 Å². The highest BCUT2D eigenvalue weighted by Crippen LogP contribution is 2.25. The molecular weight excluding hydrogens is 302 g/mol. The molecule has 1 atom stereocenters. The summed E-state index contributed by atoms with van der Waals surface area (Å²) >= 11 is 0. The highest BCUT2D eigenvalue weighted by molar-refractivity contribution is 5.29. The Balaban J connectivity index is 1.53. The van der Waals surface area contributed by atoms with Gasteiger partial charge in [0.1, 0.15) is 6.33 Å². The topological polar surface area (TPSA) is 48.1 Å². The molecule has 3 heterocycles. The number of aryl methyl sites for hydroxylation is 1. The van der Waals surface area contributed by atoms with Crippen LogP contribution in [0, 0.1) is 0 Å². The molecule has 0 N–H and O–H groups in total. The van der Waals surface area contributed by atoms with Gasteiger partial charge in [-0.25, -0.2) is 9.67 Å². The molecule has 0 bridgehead atoms. The van der Waals surface area contributed by atoms with Crippen molar-refractivity contribution < 1.29 is 4.74 Å². The molecule has 0 amide bonds. The van der Waals surface area contributed by atoms with Gasteiger partial charge in [-0.15, -0.1) is 5.10 Å². The third-order valence-electron chi connectivity index (χ3n) is 4.47. The van der Waals surface area contributed by atoms with Crippen molar-refractivity contribution in [2.75, 3.05) is 19.8 Å². The molecule has 0 unspecified atom stereocenters. The average Bonchev–Trinajstić information content (AvgIpc) is 3.25. The first kappa shape index (κ1) is 15.1. The molecule has 6 nitrogen and oxygen atoms in total. The third kappa shape index (κ3) is 2.98. The van der Waals surface area contributed by atoms with Gasteiger partial charge in [0.2, 0.25) is 0 Å². The van der Waals surface area contributed by atoms with E-state index in [1.165, 1.54) is 5.69 Å². The number of nitrogens with zero attached hydrogens (tertiary/aromatic N) is 5. The Morgan fingerprint density at radius 2 is 2.04 bits per heavy atom. The lowest BCUT2D eigenvalue weighted by Crippen LogP contribution is -2.40. The minimum absolute atomic E-state index is 0.238. The van der Waals surface area contributed by atoms with Crippen molar-refractivity contribution in [1.82, 2.24) is 24.2 Å². The van der Waals surface area contributed by atoms with Crippen molar-refractivity contribution in [3.05, 3.63) is 66.5 Å². The predicted molar refractivity (Wildman–Crippen MR) is 90.7 cm³/mol. The van der Waals surface area contributed by atoms with Gasteiger partial charge >= 0.3 is 0 Å². The maximum atomic E-state index is 5.70. The van der Waals surface area contributed by atoms with Crippen molar-refractivity contribution in [1.29, 1.82) is 0 Å². The van der Waals surface area contributed by atoms with E-state index in [4.69, 9.17) is 4.74 Å². The first-order chi connectivity index (χ1) is 11.8. The Hall–Kier alpha value is -2.44. The molecule has 0 radical (unpaired) electrons. The maximum absolute atomic E-state index is 5.70. The monoisotopic (exact) mass is 323 g/mol. The molecule has 1 aliphatic rings. The largest absolute Gasteiger partial charge is 0.378 e. The second kappa shape index (κ2) is 6.59. The molecule has 1 aromatic carbocycles. The van der Waals surface area contributed by atoms with Crippen LogP contribution in [0.15, 0.2) is 55.0 Å². The van der Waals surface area contributed by atoms with Crippen molar-refractivity contribution in [2.24, 2.45) is 7.05 Å². The number of rotatable bonds is 4. The molecule has 4 rings (SSSR count). The second-order valence-electron chi connectivity index (χ2n) is 6.05. The van der Waals surface area contributed by atoms with Crippen LogP contribution in [0.3, 0.4) is 0 Å². The molecule has 1 saturated heterocycles. The molecule has 124 valence electrons. The van der Waals surface area contributed by atoms with Gasteiger partial charge in [0.15, 0.2) is 5.82 Å². The lowest BCUT2D eigenvalue weighted by atomic mass is 10.1. The lowest BCUT2D eigenvalue weighted by molar-refractivity contribution is -0.0163. The van der Waals surface area contributed by atoms with Crippen LogP contribution in [0.5, 0.6) is 0 Å². The summed E-state index contributed by atoms with van der Waals surface area (Å²) in [6.45, 7) is 3.06. The van der Waals surface area contributed by atoms with Crippen LogP contribution in [-0.2, 0) is 18.3 Å². The smallest absolute Gasteiger partial charge is 0.165 e. The van der Waals surface area contributed by atoms with Crippen LogP contribution < -0.4 is 0 Å². The Labute approximate surface area is 141 Å². The van der Waals surface area contributed by atoms with E-state index in [-0.39, 0.29) is 6.04 Å². The number of para-hydroxylation sites is 1. The fourth-order valence-corrected chi connectivity index (χ4v) is 3.18. The van der Waals surface area contributed by atoms with Crippen molar-refractivity contribution in [2.45, 2.75) is 12.6 Å². The molecule has 3 aromatic rings. The second-order valence-corrected chi connectivity index (χ2v) is 6.05. The van der Waals surface area contributed by atoms with Gasteiger partial charge in [0.25, 0.3) is 0 Å². The molecule has 2 aromatic heterocycles. The Bertz CT molecular complexity index is 795. The Morgan fingerprint density at radius 3 is 2.83 bits per heavy atom. The van der Waals surface area contributed by atoms with E-state index in [0.717, 1.165) is 31.2 Å². The average molecular weight is 323 g/mol. The van der Waals surface area contributed by atoms with Gasteiger partial charge in [-0.2, -0.15) is 0 Å². The van der Waals surface area contributed by atoms with E-state index in [2.05, 4.69) is 44.9 Å². The summed E-state index contributed by atoms with van der Waals surface area (Å²) in [5.74, 6) is 0.833. The quantitative estimate of drug-likeness (QED) is 0.738. The standard InChI is InChI=1S/C18H21N5O/c1-21-9-5-8-16(21)17-13-24-11-10-22(17)12-18-19-14-23(20-18)15-6-3-2-4-7-15/h2-9,14,17H,10-13H2,1H3/t17-/m0/s1. The first-order valence-electron chi connectivity index (χ1n) is 8.20. The van der Waals surface area contributed by atoms with Crippen molar-refractivity contribution in [3.8, 4) is 5.69 Å². The van der Waals surface area contributed by atoms with Crippen molar-refractivity contribution in [3.63, 3.8) is 0 Å². The fourth-order valence-electron chi connectivity index (χ4n) is 3.18. The predicted octanol–water partition coefficient (Wildman–Crippen LogP) is 2.18. The molecule has 1 fully saturated rings. The molecule has 1 aliphatic heterocycles. The number of ether oxygens (including phenoxy) is 1. The van der Waals surface area contributed by atoms with Crippen LogP contribution in [-0.4, -0.2) is 44.0 Å². The zero-order valence-electron chi connectivity index (χ0n) is 13.7. The third-order valence-corrected chi connectivity index (χ3v) is 4.47. The summed E-state index contributed by atoms with van der Waals surface area (Å²) in [6.07, 6.45) is 3.85. The van der Waals surface area contributed by atoms with E-state index in [9.17, 15) is 0 Å². The van der Waals surface area contributed by atoms with Gasteiger partial charge in [0, 0.05) is 25.5 Å². The summed E-state index contributed by atoms with van der Waals surface area (Å²) in [5.41, 5.74) is 2.29. The van der Waals surface area contributed by atoms with Crippen LogP contribution in [0.2, 0.25) is 0 Å². The van der Waals surface area contributed by atoms with Gasteiger partial charge in [0.05, 0.1) is 31.5 Å². The summed E-state index contributed by atoms with van der Waals surface area (Å²) in [6, 6.07) is 14.5. The summed E-state index contributed by atoms with van der Waals surface area (Å²) in [4.78, 5) is 6.88. The van der Waals surface area contributed by atoms with Gasteiger partial charge < -0.3 is 9.30 Å². The van der Waals surface area contributed by atoms with E-state index in [0.29, 0.717) is 6.61 Å². The number of morpholine rings is 1. The van der Waals surface area contributed by atoms with E-state index in [1.54, 1.807) is 6.33 Å². The van der Waals surface area contributed by atoms with E-state index >= 15 is 0 Å². The number of hydrogen-bond acceptors (Lipinski definition) is 4. The van der Waals surface area contributed by atoms with Gasteiger partial charge in [-0.05, 0) is 24.3 Å². The molecule has 0 spiro atoms. The number of aromatic nitrogens is 4. The first-order valence-corrected chi connectivity index (χ1v) is 8.20.